The summed E-state index contributed by atoms with van der Waals surface area (Å²) in [4.78, 5) is 29.9. The van der Waals surface area contributed by atoms with Gasteiger partial charge in [0.25, 0.3) is 11.8 Å². The van der Waals surface area contributed by atoms with E-state index in [1.54, 1.807) is 23.5 Å². The molecule has 242 valence electrons. The molecule has 0 fully saturated rings. The topological polar surface area (TPSA) is 37.4 Å². The summed E-state index contributed by atoms with van der Waals surface area (Å²) in [6, 6.07) is 32.1. The van der Waals surface area contributed by atoms with Crippen LogP contribution in [0.1, 0.15) is 95.4 Å². The van der Waals surface area contributed by atoms with Gasteiger partial charge >= 0.3 is 0 Å². The van der Waals surface area contributed by atoms with Gasteiger partial charge in [-0.3, -0.25) is 9.59 Å². The zero-order valence-electron chi connectivity index (χ0n) is 29.1. The zero-order valence-corrected chi connectivity index (χ0v) is 29.9. The molecule has 1 aliphatic heterocycles. The number of nitrogens with zero attached hydrogens (tertiary/aromatic N) is 1. The second-order valence-corrected chi connectivity index (χ2v) is 12.3. The van der Waals surface area contributed by atoms with Gasteiger partial charge in [0.1, 0.15) is 0 Å². The highest BCUT2D eigenvalue weighted by atomic mass is 32.1. The molecule has 8 rings (SSSR count). The molecule has 2 amide bonds. The van der Waals surface area contributed by atoms with E-state index in [4.69, 9.17) is 0 Å². The van der Waals surface area contributed by atoms with Crippen molar-refractivity contribution in [1.29, 1.82) is 0 Å². The Bertz CT molecular complexity index is 2000. The number of benzene rings is 6. The van der Waals surface area contributed by atoms with Crippen molar-refractivity contribution in [2.45, 2.75) is 74.7 Å². The van der Waals surface area contributed by atoms with Gasteiger partial charge < -0.3 is 0 Å². The third-order valence-electron chi connectivity index (χ3n) is 7.45. The molecule has 0 atom stereocenters. The summed E-state index contributed by atoms with van der Waals surface area (Å²) in [7, 11) is 0. The van der Waals surface area contributed by atoms with Crippen molar-refractivity contribution in [3.8, 4) is 10.4 Å². The number of para-hydroxylation sites is 1. The van der Waals surface area contributed by atoms with Crippen molar-refractivity contribution in [1.82, 2.24) is 0 Å². The first-order valence-electron chi connectivity index (χ1n) is 17.1. The van der Waals surface area contributed by atoms with Crippen LogP contribution in [0.4, 0.5) is 5.69 Å². The molecule has 0 saturated carbocycles. The second kappa shape index (κ2) is 16.3. The molecule has 47 heavy (non-hydrogen) atoms. The minimum absolute atomic E-state index is 0.278. The highest BCUT2D eigenvalue weighted by Gasteiger charge is 2.35. The predicted molar refractivity (Wildman–Crippen MR) is 208 cm³/mol. The Hall–Kier alpha value is -4.54. The number of carbonyl (C=O) groups is 2. The van der Waals surface area contributed by atoms with E-state index < -0.39 is 0 Å². The van der Waals surface area contributed by atoms with E-state index in [-0.39, 0.29) is 11.8 Å². The van der Waals surface area contributed by atoms with E-state index in [0.29, 0.717) is 16.8 Å². The third-order valence-corrected chi connectivity index (χ3v) is 8.35. The molecule has 2 heterocycles. The predicted octanol–water partition coefficient (Wildman–Crippen LogP) is 13.5. The van der Waals surface area contributed by atoms with Crippen LogP contribution >= 0.6 is 11.3 Å². The maximum absolute atomic E-state index is 13.7. The van der Waals surface area contributed by atoms with Crippen molar-refractivity contribution < 1.29 is 9.59 Å². The molecular formula is C43H47NO2S. The molecule has 0 saturated heterocycles. The Kier molecular flexibility index (Phi) is 12.3. The van der Waals surface area contributed by atoms with Gasteiger partial charge in [-0.15, -0.1) is 11.3 Å². The van der Waals surface area contributed by atoms with Crippen molar-refractivity contribution in [2.24, 2.45) is 0 Å². The Labute approximate surface area is 284 Å². The van der Waals surface area contributed by atoms with Crippen LogP contribution in [-0.2, 0) is 0 Å². The summed E-state index contributed by atoms with van der Waals surface area (Å²) >= 11 is 1.74. The Morgan fingerprint density at radius 2 is 0.936 bits per heavy atom. The molecule has 7 aromatic rings. The molecule has 6 aromatic carbocycles. The molecule has 1 aromatic heterocycles. The van der Waals surface area contributed by atoms with Crippen LogP contribution in [0.5, 0.6) is 0 Å². The average molecular weight is 642 g/mol. The number of carbonyl (C=O) groups excluding carboxylic acids is 2. The molecule has 0 unspecified atom stereocenters. The van der Waals surface area contributed by atoms with E-state index >= 15 is 0 Å². The van der Waals surface area contributed by atoms with Crippen LogP contribution in [0.15, 0.2) is 102 Å². The van der Waals surface area contributed by atoms with Gasteiger partial charge in [-0.2, -0.15) is 0 Å². The van der Waals surface area contributed by atoms with E-state index in [2.05, 4.69) is 102 Å². The van der Waals surface area contributed by atoms with Crippen LogP contribution in [-0.4, -0.2) is 11.8 Å². The highest BCUT2D eigenvalue weighted by Crippen LogP contribution is 2.46. The third kappa shape index (κ3) is 6.53. The molecule has 1 aliphatic rings. The summed E-state index contributed by atoms with van der Waals surface area (Å²) in [5.74, 6) is -0.557. The number of imide groups is 1. The lowest BCUT2D eigenvalue weighted by molar-refractivity contribution is 0.0893. The van der Waals surface area contributed by atoms with Crippen molar-refractivity contribution in [2.75, 3.05) is 4.90 Å². The summed E-state index contributed by atoms with van der Waals surface area (Å²) in [5, 5.41) is 10.7. The molecule has 0 N–H and O–H groups in total. The number of hydrogen-bond acceptors (Lipinski definition) is 3. The normalized spacial score (nSPS) is 11.7. The Morgan fingerprint density at radius 1 is 0.468 bits per heavy atom. The van der Waals surface area contributed by atoms with Crippen molar-refractivity contribution >= 4 is 71.9 Å². The quantitative estimate of drug-likeness (QED) is 0.107. The number of rotatable bonds is 2. The number of amides is 2. The largest absolute Gasteiger partial charge is 0.268 e. The number of anilines is 1. The maximum Gasteiger partial charge on any atom is 0.265 e. The fourth-order valence-electron chi connectivity index (χ4n) is 5.95. The molecular weight excluding hydrogens is 595 g/mol. The van der Waals surface area contributed by atoms with E-state index in [0.717, 1.165) is 32.3 Å². The summed E-state index contributed by atoms with van der Waals surface area (Å²) in [6.07, 6.45) is 3.75. The lowest BCUT2D eigenvalue weighted by Crippen LogP contribution is -2.40. The smallest absolute Gasteiger partial charge is 0.265 e. The molecule has 0 aliphatic carbocycles. The molecule has 0 radical (unpaired) electrons. The van der Waals surface area contributed by atoms with Gasteiger partial charge in [0.2, 0.25) is 0 Å². The zero-order chi connectivity index (χ0) is 34.1. The SMILES string of the molecule is CC.CCC.CCC.CCC.O=C1c2ccc3c4cccc5c(-c6cccs6)ccc(c6ccc(c2c36)C(=O)N1c1ccccc1)c54. The van der Waals surface area contributed by atoms with Gasteiger partial charge in [-0.1, -0.05) is 141 Å². The summed E-state index contributed by atoms with van der Waals surface area (Å²) in [5.41, 5.74) is 2.95. The van der Waals surface area contributed by atoms with Crippen LogP contribution < -0.4 is 4.90 Å². The Balaban J connectivity index is 0.000000407. The first-order valence-corrected chi connectivity index (χ1v) is 18.0. The minimum atomic E-state index is -0.278. The van der Waals surface area contributed by atoms with E-state index in [9.17, 15) is 9.59 Å². The molecule has 3 nitrogen and oxygen atoms in total. The first kappa shape index (κ1) is 35.3. The lowest BCUT2D eigenvalue weighted by Gasteiger charge is -2.28. The molecule has 4 heteroatoms. The number of fused-ring (bicyclic) bond motifs is 2. The molecule has 0 bridgehead atoms. The monoisotopic (exact) mass is 641 g/mol. The van der Waals surface area contributed by atoms with Crippen LogP contribution in [0, 0.1) is 0 Å². The Morgan fingerprint density at radius 3 is 1.45 bits per heavy atom. The molecule has 0 spiro atoms. The van der Waals surface area contributed by atoms with Crippen molar-refractivity contribution in [3.63, 3.8) is 0 Å². The highest BCUT2D eigenvalue weighted by molar-refractivity contribution is 7.13. The van der Waals surface area contributed by atoms with Gasteiger partial charge in [-0.05, 0) is 79.0 Å². The van der Waals surface area contributed by atoms with Gasteiger partial charge in [-0.25, -0.2) is 4.90 Å². The van der Waals surface area contributed by atoms with Crippen LogP contribution in [0.3, 0.4) is 0 Å². The number of thiophene rings is 1. The first-order chi connectivity index (χ1) is 23.0. The summed E-state index contributed by atoms with van der Waals surface area (Å²) in [6.45, 7) is 16.8. The van der Waals surface area contributed by atoms with E-state index in [1.807, 2.05) is 44.2 Å². The minimum Gasteiger partial charge on any atom is -0.268 e. The fraction of sp³-hybridized carbons (Fsp3) is 0.256. The van der Waals surface area contributed by atoms with Gasteiger partial charge in [0.05, 0.1) is 5.69 Å². The van der Waals surface area contributed by atoms with Gasteiger partial charge in [0.15, 0.2) is 0 Å². The van der Waals surface area contributed by atoms with Crippen LogP contribution in [0.2, 0.25) is 0 Å². The lowest BCUT2D eigenvalue weighted by atomic mass is 9.84. The second-order valence-electron chi connectivity index (χ2n) is 11.3. The van der Waals surface area contributed by atoms with Crippen molar-refractivity contribution in [3.05, 3.63) is 114 Å². The maximum atomic E-state index is 13.7. The van der Waals surface area contributed by atoms with Crippen LogP contribution in [0.25, 0.3) is 53.5 Å². The van der Waals surface area contributed by atoms with Gasteiger partial charge in [0, 0.05) is 21.4 Å². The standard InChI is InChI=1S/C32H17NO2S.3C3H8.C2H6/c34-31-25-15-13-23-21-9-4-8-20-19(27-10-5-17-36-27)11-12-22(28(20)21)24-14-16-26(30(25)29(23)24)32(35)33(31)18-6-2-1-3-7-18;3*1-3-2;1-2/h1-17H;3*3H2,1-2H3;1-2H3. The average Bonchev–Trinajstić information content (AvgIpc) is 3.64. The fourth-order valence-corrected chi connectivity index (χ4v) is 6.71. The number of hydrogen-bond donors (Lipinski definition) is 0. The summed E-state index contributed by atoms with van der Waals surface area (Å²) < 4.78 is 0. The van der Waals surface area contributed by atoms with E-state index in [1.165, 1.54) is 45.4 Å².